The second-order valence-electron chi connectivity index (χ2n) is 6.13. The van der Waals surface area contributed by atoms with E-state index in [0.29, 0.717) is 5.25 Å². The molecular weight excluding hydrogens is 324 g/mol. The van der Waals surface area contributed by atoms with Gasteiger partial charge in [-0.25, -0.2) is 0 Å². The molecule has 1 aliphatic heterocycles. The maximum Gasteiger partial charge on any atom is 0.0542 e. The van der Waals surface area contributed by atoms with Crippen molar-refractivity contribution >= 4 is 64.0 Å². The third-order valence-corrected chi connectivity index (χ3v) is 8.67. The van der Waals surface area contributed by atoms with E-state index in [-0.39, 0.29) is 0 Å². The summed E-state index contributed by atoms with van der Waals surface area (Å²) in [5.74, 6) is 0. The molecule has 3 heteroatoms. The Morgan fingerprint density at radius 1 is 0.864 bits per heavy atom. The molecule has 22 heavy (non-hydrogen) atoms. The van der Waals surface area contributed by atoms with Crippen molar-refractivity contribution in [3.63, 3.8) is 0 Å². The van der Waals surface area contributed by atoms with Crippen LogP contribution in [0, 0.1) is 0 Å². The smallest absolute Gasteiger partial charge is 0.0542 e. The quantitative estimate of drug-likeness (QED) is 0.352. The van der Waals surface area contributed by atoms with Gasteiger partial charge in [0.2, 0.25) is 0 Å². The fourth-order valence-corrected chi connectivity index (χ4v) is 7.58. The van der Waals surface area contributed by atoms with E-state index in [2.05, 4.69) is 61.2 Å². The van der Waals surface area contributed by atoms with Gasteiger partial charge < -0.3 is 0 Å². The van der Waals surface area contributed by atoms with Crippen LogP contribution in [-0.2, 0) is 0 Å². The van der Waals surface area contributed by atoms with Crippen LogP contribution in [0.5, 0.6) is 0 Å². The molecule has 2 aromatic heterocycles. The van der Waals surface area contributed by atoms with Gasteiger partial charge in [0.25, 0.3) is 0 Å². The van der Waals surface area contributed by atoms with Gasteiger partial charge in [0, 0.05) is 30.7 Å². The van der Waals surface area contributed by atoms with Crippen molar-refractivity contribution in [2.45, 2.75) is 30.3 Å². The molecule has 1 saturated heterocycles. The molecule has 1 fully saturated rings. The molecule has 0 amide bonds. The molecule has 0 spiro atoms. The van der Waals surface area contributed by atoms with Crippen molar-refractivity contribution in [1.29, 1.82) is 0 Å². The third kappa shape index (κ3) is 1.96. The Kier molecular flexibility index (Phi) is 3.04. The number of hydrogen-bond donors (Lipinski definition) is 0. The van der Waals surface area contributed by atoms with Crippen LogP contribution in [0.3, 0.4) is 0 Å². The van der Waals surface area contributed by atoms with Crippen molar-refractivity contribution < 1.29 is 0 Å². The average Bonchev–Trinajstić information content (AvgIpc) is 3.20. The average molecular weight is 341 g/mol. The maximum absolute atomic E-state index is 2.46. The highest BCUT2D eigenvalue weighted by molar-refractivity contribution is 8.00. The summed E-state index contributed by atoms with van der Waals surface area (Å²) < 4.78 is 5.82. The Hall–Kier alpha value is -1.03. The zero-order valence-electron chi connectivity index (χ0n) is 12.3. The van der Waals surface area contributed by atoms with Crippen molar-refractivity contribution in [2.24, 2.45) is 0 Å². The minimum absolute atomic E-state index is 0.705. The number of rotatable bonds is 1. The molecule has 0 aliphatic carbocycles. The third-order valence-electron chi connectivity index (χ3n) is 4.62. The summed E-state index contributed by atoms with van der Waals surface area (Å²) in [6.07, 6.45) is 2.69. The van der Waals surface area contributed by atoms with Crippen molar-refractivity contribution in [3.05, 3.63) is 48.0 Å². The lowest BCUT2D eigenvalue weighted by Crippen LogP contribution is -1.87. The zero-order valence-corrected chi connectivity index (χ0v) is 14.8. The highest BCUT2D eigenvalue weighted by atomic mass is 32.2. The molecule has 2 aromatic carbocycles. The molecular formula is C19H16S3. The molecule has 0 nitrogen and oxygen atoms in total. The largest absolute Gasteiger partial charge is 0.151 e. The molecule has 1 aliphatic rings. The number of hydrogen-bond acceptors (Lipinski definition) is 3. The normalized spacial score (nSPS) is 22.2. The van der Waals surface area contributed by atoms with Gasteiger partial charge in [0.05, 0.1) is 9.40 Å². The molecule has 2 unspecified atom stereocenters. The Morgan fingerprint density at radius 3 is 2.45 bits per heavy atom. The summed E-state index contributed by atoms with van der Waals surface area (Å²) in [5, 5.41) is 4.39. The Balaban J connectivity index is 1.71. The Morgan fingerprint density at radius 2 is 1.64 bits per heavy atom. The van der Waals surface area contributed by atoms with E-state index in [4.69, 9.17) is 0 Å². The standard InChI is InChI=1S/C19H16S3/c1-11-6-9-15(20-11)12-7-8-14-17(10-12)22-18-13-4-2-3-5-16(13)21-19(14)18/h2-5,7-8,10-11,15H,6,9H2,1H3. The van der Waals surface area contributed by atoms with Gasteiger partial charge in [-0.1, -0.05) is 37.3 Å². The molecule has 2 atom stereocenters. The summed E-state index contributed by atoms with van der Waals surface area (Å²) in [6.45, 7) is 2.36. The fraction of sp³-hybridized carbons (Fsp3) is 0.263. The molecule has 0 N–H and O–H groups in total. The molecule has 5 rings (SSSR count). The Bertz CT molecular complexity index is 992. The van der Waals surface area contributed by atoms with E-state index < -0.39 is 0 Å². The lowest BCUT2D eigenvalue weighted by atomic mass is 10.1. The topological polar surface area (TPSA) is 0 Å². The Labute approximate surface area is 142 Å². The van der Waals surface area contributed by atoms with Gasteiger partial charge >= 0.3 is 0 Å². The fourth-order valence-electron chi connectivity index (χ4n) is 3.47. The van der Waals surface area contributed by atoms with Crippen LogP contribution in [-0.4, -0.2) is 5.25 Å². The van der Waals surface area contributed by atoms with Gasteiger partial charge in [-0.15, -0.1) is 22.7 Å². The van der Waals surface area contributed by atoms with Crippen LogP contribution in [0.15, 0.2) is 42.5 Å². The number of thiophene rings is 2. The summed E-state index contributed by atoms with van der Waals surface area (Å²) in [4.78, 5) is 0. The minimum Gasteiger partial charge on any atom is -0.151 e. The van der Waals surface area contributed by atoms with Crippen LogP contribution in [0.2, 0.25) is 0 Å². The van der Waals surface area contributed by atoms with Crippen LogP contribution in [0.1, 0.15) is 30.6 Å². The summed E-state index contributed by atoms with van der Waals surface area (Å²) in [6, 6.07) is 16.0. The monoisotopic (exact) mass is 340 g/mol. The number of benzene rings is 2. The number of fused-ring (bicyclic) bond motifs is 5. The second kappa shape index (κ2) is 4.98. The van der Waals surface area contributed by atoms with E-state index in [1.54, 1.807) is 0 Å². The highest BCUT2D eigenvalue weighted by Crippen LogP contribution is 2.48. The first-order valence-corrected chi connectivity index (χ1v) is 10.4. The molecule has 0 saturated carbocycles. The lowest BCUT2D eigenvalue weighted by molar-refractivity contribution is 0.772. The number of thioether (sulfide) groups is 1. The van der Waals surface area contributed by atoms with Crippen LogP contribution in [0.4, 0.5) is 0 Å². The van der Waals surface area contributed by atoms with Crippen LogP contribution in [0.25, 0.3) is 29.6 Å². The van der Waals surface area contributed by atoms with Crippen LogP contribution >= 0.6 is 34.4 Å². The summed E-state index contributed by atoms with van der Waals surface area (Å²) >= 11 is 6.06. The van der Waals surface area contributed by atoms with Crippen molar-refractivity contribution in [3.8, 4) is 0 Å². The predicted molar refractivity (Wildman–Crippen MR) is 104 cm³/mol. The lowest BCUT2D eigenvalue weighted by Gasteiger charge is -2.09. The van der Waals surface area contributed by atoms with Crippen LogP contribution < -0.4 is 0 Å². The SMILES string of the molecule is CC1CCC(c2ccc3c(c2)sc2c4ccccc4sc32)S1. The first-order chi connectivity index (χ1) is 10.8. The van der Waals surface area contributed by atoms with Gasteiger partial charge in [-0.2, -0.15) is 11.8 Å². The highest BCUT2D eigenvalue weighted by Gasteiger charge is 2.24. The summed E-state index contributed by atoms with van der Waals surface area (Å²) in [7, 11) is 0. The van der Waals surface area contributed by atoms with E-state index >= 15 is 0 Å². The zero-order chi connectivity index (χ0) is 14.7. The first kappa shape index (κ1) is 13.4. The summed E-state index contributed by atoms with van der Waals surface area (Å²) in [5.41, 5.74) is 1.53. The van der Waals surface area contributed by atoms with E-state index in [1.165, 1.54) is 48.0 Å². The van der Waals surface area contributed by atoms with E-state index in [1.807, 2.05) is 22.7 Å². The maximum atomic E-state index is 2.46. The minimum atomic E-state index is 0.705. The van der Waals surface area contributed by atoms with Crippen molar-refractivity contribution in [1.82, 2.24) is 0 Å². The molecule has 0 bridgehead atoms. The van der Waals surface area contributed by atoms with Crippen molar-refractivity contribution in [2.75, 3.05) is 0 Å². The van der Waals surface area contributed by atoms with Gasteiger partial charge in [0.1, 0.15) is 0 Å². The molecule has 0 radical (unpaired) electrons. The molecule has 4 aromatic rings. The van der Waals surface area contributed by atoms with Gasteiger partial charge in [-0.05, 0) is 30.5 Å². The molecule has 110 valence electrons. The predicted octanol–water partition coefficient (Wildman–Crippen LogP) is 7.23. The molecule has 3 heterocycles. The van der Waals surface area contributed by atoms with Gasteiger partial charge in [-0.3, -0.25) is 0 Å². The van der Waals surface area contributed by atoms with E-state index in [0.717, 1.165) is 5.25 Å². The second-order valence-corrected chi connectivity index (χ2v) is 9.88. The van der Waals surface area contributed by atoms with Gasteiger partial charge in [0.15, 0.2) is 0 Å². The first-order valence-electron chi connectivity index (χ1n) is 7.79. The van der Waals surface area contributed by atoms with E-state index in [9.17, 15) is 0 Å².